The minimum absolute atomic E-state index is 0.0797. The van der Waals surface area contributed by atoms with E-state index in [-0.39, 0.29) is 17.6 Å². The second-order valence-electron chi connectivity index (χ2n) is 6.96. The molecule has 3 nitrogen and oxygen atoms in total. The van der Waals surface area contributed by atoms with E-state index in [1.165, 1.54) is 11.1 Å². The van der Waals surface area contributed by atoms with Crippen LogP contribution in [0.15, 0.2) is 18.2 Å². The molecule has 0 amide bonds. The van der Waals surface area contributed by atoms with Crippen LogP contribution in [0.2, 0.25) is 0 Å². The number of likely N-dealkylation sites (N-methyl/N-ethyl adjacent to an activating group) is 1. The van der Waals surface area contributed by atoms with Gasteiger partial charge in [-0.1, -0.05) is 32.9 Å². The Morgan fingerprint density at radius 1 is 1.29 bits per heavy atom. The SMILES string of the molecule is CCOC1C(NC)CC1Oc1cc(C)ccc1C(C)(C)C. The zero-order valence-electron chi connectivity index (χ0n) is 14.2. The van der Waals surface area contributed by atoms with Gasteiger partial charge in [-0.05, 0) is 43.5 Å². The zero-order valence-corrected chi connectivity index (χ0v) is 14.2. The Kier molecular flexibility index (Phi) is 4.95. The maximum atomic E-state index is 6.32. The number of aryl methyl sites for hydroxylation is 1. The van der Waals surface area contributed by atoms with Crippen LogP contribution in [0.3, 0.4) is 0 Å². The number of rotatable bonds is 5. The van der Waals surface area contributed by atoms with Gasteiger partial charge in [-0.3, -0.25) is 0 Å². The number of ether oxygens (including phenoxy) is 2. The predicted octanol–water partition coefficient (Wildman–Crippen LogP) is 3.44. The van der Waals surface area contributed by atoms with E-state index in [1.807, 2.05) is 14.0 Å². The van der Waals surface area contributed by atoms with Gasteiger partial charge in [0.1, 0.15) is 18.0 Å². The third kappa shape index (κ3) is 3.58. The first-order valence-corrected chi connectivity index (χ1v) is 7.93. The molecule has 118 valence electrons. The second kappa shape index (κ2) is 6.37. The molecule has 0 bridgehead atoms. The van der Waals surface area contributed by atoms with Crippen molar-refractivity contribution in [2.75, 3.05) is 13.7 Å². The van der Waals surface area contributed by atoms with Gasteiger partial charge in [-0.15, -0.1) is 0 Å². The molecule has 0 saturated heterocycles. The van der Waals surface area contributed by atoms with Crippen molar-refractivity contribution >= 4 is 0 Å². The van der Waals surface area contributed by atoms with E-state index >= 15 is 0 Å². The monoisotopic (exact) mass is 291 g/mol. The van der Waals surface area contributed by atoms with Crippen LogP contribution in [0.25, 0.3) is 0 Å². The van der Waals surface area contributed by atoms with Crippen molar-refractivity contribution in [2.24, 2.45) is 0 Å². The summed E-state index contributed by atoms with van der Waals surface area (Å²) in [7, 11) is 1.99. The first kappa shape index (κ1) is 16.3. The lowest BCUT2D eigenvalue weighted by atomic mass is 9.83. The molecule has 3 unspecified atom stereocenters. The lowest BCUT2D eigenvalue weighted by molar-refractivity contribution is -0.103. The van der Waals surface area contributed by atoms with Crippen LogP contribution < -0.4 is 10.1 Å². The highest BCUT2D eigenvalue weighted by Crippen LogP contribution is 2.36. The third-order valence-electron chi connectivity index (χ3n) is 4.20. The average molecular weight is 291 g/mol. The normalized spacial score (nSPS) is 25.5. The molecule has 1 saturated carbocycles. The number of benzene rings is 1. The lowest BCUT2D eigenvalue weighted by Crippen LogP contribution is -2.60. The van der Waals surface area contributed by atoms with Gasteiger partial charge in [0.15, 0.2) is 0 Å². The summed E-state index contributed by atoms with van der Waals surface area (Å²) in [5.74, 6) is 1.01. The quantitative estimate of drug-likeness (QED) is 0.901. The molecule has 0 aromatic heterocycles. The molecule has 0 heterocycles. The van der Waals surface area contributed by atoms with Crippen molar-refractivity contribution < 1.29 is 9.47 Å². The van der Waals surface area contributed by atoms with Crippen LogP contribution in [-0.2, 0) is 10.2 Å². The predicted molar refractivity (Wildman–Crippen MR) is 87.2 cm³/mol. The van der Waals surface area contributed by atoms with Gasteiger partial charge in [0.25, 0.3) is 0 Å². The molecular weight excluding hydrogens is 262 g/mol. The van der Waals surface area contributed by atoms with Crippen LogP contribution in [0.4, 0.5) is 0 Å². The minimum atomic E-state index is 0.0797. The fourth-order valence-electron chi connectivity index (χ4n) is 2.90. The molecule has 3 heteroatoms. The van der Waals surface area contributed by atoms with Crippen LogP contribution in [0.5, 0.6) is 5.75 Å². The molecule has 0 aliphatic heterocycles. The van der Waals surface area contributed by atoms with E-state index < -0.39 is 0 Å². The van der Waals surface area contributed by atoms with Gasteiger partial charge >= 0.3 is 0 Å². The fraction of sp³-hybridized carbons (Fsp3) is 0.667. The first-order chi connectivity index (χ1) is 9.86. The highest BCUT2D eigenvalue weighted by molar-refractivity contribution is 5.41. The molecule has 1 N–H and O–H groups in total. The van der Waals surface area contributed by atoms with Gasteiger partial charge in [0.2, 0.25) is 0 Å². The van der Waals surface area contributed by atoms with Crippen molar-refractivity contribution in [1.82, 2.24) is 5.32 Å². The third-order valence-corrected chi connectivity index (χ3v) is 4.20. The van der Waals surface area contributed by atoms with E-state index in [0.29, 0.717) is 6.04 Å². The topological polar surface area (TPSA) is 30.5 Å². The summed E-state index contributed by atoms with van der Waals surface area (Å²) in [5, 5.41) is 3.30. The molecule has 1 aliphatic rings. The van der Waals surface area contributed by atoms with Gasteiger partial charge in [0, 0.05) is 19.1 Å². The standard InChI is InChI=1S/C18H29NO2/c1-7-20-17-14(19-6)11-16(17)21-15-10-12(2)8-9-13(15)18(3,4)5/h8-10,14,16-17,19H,7,11H2,1-6H3. The maximum Gasteiger partial charge on any atom is 0.128 e. The largest absolute Gasteiger partial charge is 0.487 e. The number of nitrogens with one attached hydrogen (secondary N) is 1. The Morgan fingerprint density at radius 2 is 2.00 bits per heavy atom. The smallest absolute Gasteiger partial charge is 0.128 e. The summed E-state index contributed by atoms with van der Waals surface area (Å²) in [4.78, 5) is 0. The summed E-state index contributed by atoms with van der Waals surface area (Å²) in [5.41, 5.74) is 2.57. The average Bonchev–Trinajstić information content (AvgIpc) is 2.39. The minimum Gasteiger partial charge on any atom is -0.487 e. The molecule has 21 heavy (non-hydrogen) atoms. The van der Waals surface area contributed by atoms with Crippen molar-refractivity contribution in [1.29, 1.82) is 0 Å². The van der Waals surface area contributed by atoms with Crippen LogP contribution in [0.1, 0.15) is 45.2 Å². The lowest BCUT2D eigenvalue weighted by Gasteiger charge is -2.44. The highest BCUT2D eigenvalue weighted by atomic mass is 16.5. The molecule has 0 spiro atoms. The fourth-order valence-corrected chi connectivity index (χ4v) is 2.90. The molecule has 1 aliphatic carbocycles. The van der Waals surface area contributed by atoms with Gasteiger partial charge in [0.05, 0.1) is 0 Å². The van der Waals surface area contributed by atoms with E-state index in [2.05, 4.69) is 51.2 Å². The summed E-state index contributed by atoms with van der Waals surface area (Å²) in [6.07, 6.45) is 1.29. The van der Waals surface area contributed by atoms with Crippen LogP contribution in [-0.4, -0.2) is 31.9 Å². The zero-order chi connectivity index (χ0) is 15.6. The second-order valence-corrected chi connectivity index (χ2v) is 6.96. The van der Waals surface area contributed by atoms with Gasteiger partial charge < -0.3 is 14.8 Å². The Balaban J connectivity index is 2.18. The van der Waals surface area contributed by atoms with Crippen molar-refractivity contribution in [2.45, 2.75) is 64.7 Å². The summed E-state index contributed by atoms with van der Waals surface area (Å²) < 4.78 is 12.2. The Morgan fingerprint density at radius 3 is 2.57 bits per heavy atom. The number of hydrogen-bond donors (Lipinski definition) is 1. The van der Waals surface area contributed by atoms with Crippen LogP contribution in [0, 0.1) is 6.92 Å². The number of hydrogen-bond acceptors (Lipinski definition) is 3. The highest BCUT2D eigenvalue weighted by Gasteiger charge is 2.43. The van der Waals surface area contributed by atoms with Gasteiger partial charge in [-0.2, -0.15) is 0 Å². The summed E-state index contributed by atoms with van der Waals surface area (Å²) in [6, 6.07) is 6.90. The Hall–Kier alpha value is -1.06. The maximum absolute atomic E-state index is 6.32. The molecule has 1 aromatic rings. The Bertz CT molecular complexity index is 479. The molecular formula is C18H29NO2. The molecule has 1 fully saturated rings. The molecule has 2 rings (SSSR count). The molecule has 0 radical (unpaired) electrons. The van der Waals surface area contributed by atoms with E-state index in [0.717, 1.165) is 18.8 Å². The van der Waals surface area contributed by atoms with Crippen molar-refractivity contribution in [3.63, 3.8) is 0 Å². The van der Waals surface area contributed by atoms with Gasteiger partial charge in [-0.25, -0.2) is 0 Å². The molecule has 1 aromatic carbocycles. The van der Waals surface area contributed by atoms with Crippen molar-refractivity contribution in [3.8, 4) is 5.75 Å². The Labute approximate surface area is 129 Å². The molecule has 3 atom stereocenters. The van der Waals surface area contributed by atoms with Crippen LogP contribution >= 0.6 is 0 Å². The summed E-state index contributed by atoms with van der Waals surface area (Å²) >= 11 is 0. The van der Waals surface area contributed by atoms with E-state index in [1.54, 1.807) is 0 Å². The van der Waals surface area contributed by atoms with E-state index in [4.69, 9.17) is 9.47 Å². The van der Waals surface area contributed by atoms with E-state index in [9.17, 15) is 0 Å². The van der Waals surface area contributed by atoms with Crippen molar-refractivity contribution in [3.05, 3.63) is 29.3 Å². The summed E-state index contributed by atoms with van der Waals surface area (Å²) in [6.45, 7) is 11.5. The first-order valence-electron chi connectivity index (χ1n) is 7.93.